The number of hydrogen-bond acceptors (Lipinski definition) is 3. The lowest BCUT2D eigenvalue weighted by Crippen LogP contribution is -2.37. The van der Waals surface area contributed by atoms with Crippen molar-refractivity contribution in [1.29, 1.82) is 0 Å². The number of guanidine groups is 1. The van der Waals surface area contributed by atoms with Crippen LogP contribution >= 0.6 is 0 Å². The van der Waals surface area contributed by atoms with Crippen molar-refractivity contribution in [2.45, 2.75) is 26.3 Å². The summed E-state index contributed by atoms with van der Waals surface area (Å²) >= 11 is 0. The van der Waals surface area contributed by atoms with Gasteiger partial charge in [-0.25, -0.2) is 0 Å². The Labute approximate surface area is 84.9 Å². The molecule has 0 aromatic heterocycles. The lowest BCUT2D eigenvalue weighted by Gasteiger charge is -2.15. The molecule has 0 heterocycles. The predicted molar refractivity (Wildman–Crippen MR) is 58.0 cm³/mol. The SMILES string of the molecule is CN[C@@H](CCN=C(N)N)C(=O)C(C)C. The van der Waals surface area contributed by atoms with E-state index < -0.39 is 0 Å². The molecule has 0 radical (unpaired) electrons. The molecule has 0 bridgehead atoms. The van der Waals surface area contributed by atoms with Crippen LogP contribution in [0.4, 0.5) is 0 Å². The Bertz CT molecular complexity index is 209. The second-order valence-electron chi connectivity index (χ2n) is 3.49. The second-order valence-corrected chi connectivity index (χ2v) is 3.49. The summed E-state index contributed by atoms with van der Waals surface area (Å²) in [5.74, 6) is 0.293. The molecular weight excluding hydrogens is 180 g/mol. The molecule has 0 aliphatic carbocycles. The highest BCUT2D eigenvalue weighted by atomic mass is 16.1. The van der Waals surface area contributed by atoms with Crippen LogP contribution in [0.3, 0.4) is 0 Å². The number of aliphatic imine (C=N–C) groups is 1. The summed E-state index contributed by atoms with van der Waals surface area (Å²) in [6.45, 7) is 4.24. The van der Waals surface area contributed by atoms with Crippen LogP contribution in [0.5, 0.6) is 0 Å². The Morgan fingerprint density at radius 2 is 2.00 bits per heavy atom. The van der Waals surface area contributed by atoms with Crippen molar-refractivity contribution < 1.29 is 4.79 Å². The Balaban J connectivity index is 4.04. The number of hydrogen-bond donors (Lipinski definition) is 3. The summed E-state index contributed by atoms with van der Waals surface area (Å²) in [6, 6.07) is -0.155. The normalized spacial score (nSPS) is 12.6. The van der Waals surface area contributed by atoms with Crippen LogP contribution in [0.1, 0.15) is 20.3 Å². The minimum Gasteiger partial charge on any atom is -0.370 e. The summed E-state index contributed by atoms with van der Waals surface area (Å²) < 4.78 is 0. The molecule has 0 saturated heterocycles. The van der Waals surface area contributed by atoms with Crippen LogP contribution in [0, 0.1) is 5.92 Å². The molecule has 0 aromatic rings. The molecule has 82 valence electrons. The molecule has 0 aliphatic rings. The van der Waals surface area contributed by atoms with E-state index in [0.29, 0.717) is 13.0 Å². The fourth-order valence-corrected chi connectivity index (χ4v) is 1.15. The molecule has 0 aliphatic heterocycles. The molecule has 5 heteroatoms. The minimum absolute atomic E-state index is 0.0339. The monoisotopic (exact) mass is 200 g/mol. The first-order valence-corrected chi connectivity index (χ1v) is 4.75. The third kappa shape index (κ3) is 4.81. The fraction of sp³-hybridized carbons (Fsp3) is 0.778. The Hall–Kier alpha value is -1.10. The van der Waals surface area contributed by atoms with Crippen molar-refractivity contribution in [3.05, 3.63) is 0 Å². The van der Waals surface area contributed by atoms with Crippen molar-refractivity contribution in [1.82, 2.24) is 5.32 Å². The van der Waals surface area contributed by atoms with E-state index in [-0.39, 0.29) is 23.7 Å². The van der Waals surface area contributed by atoms with E-state index in [1.54, 1.807) is 7.05 Å². The molecule has 5 nitrogen and oxygen atoms in total. The van der Waals surface area contributed by atoms with Crippen LogP contribution in [-0.4, -0.2) is 31.4 Å². The van der Waals surface area contributed by atoms with Gasteiger partial charge in [0.25, 0.3) is 0 Å². The number of nitrogens with zero attached hydrogens (tertiary/aromatic N) is 1. The molecule has 0 amide bonds. The zero-order valence-corrected chi connectivity index (χ0v) is 9.08. The van der Waals surface area contributed by atoms with Crippen LogP contribution in [-0.2, 0) is 4.79 Å². The standard InChI is InChI=1S/C9H20N4O/c1-6(2)8(14)7(12-3)4-5-13-9(10)11/h6-7,12H,4-5H2,1-3H3,(H4,10,11,13)/t7-/m0/s1. The van der Waals surface area contributed by atoms with E-state index in [2.05, 4.69) is 10.3 Å². The molecule has 5 N–H and O–H groups in total. The zero-order valence-electron chi connectivity index (χ0n) is 9.08. The van der Waals surface area contributed by atoms with Crippen LogP contribution in [0.2, 0.25) is 0 Å². The predicted octanol–water partition coefficient (Wildman–Crippen LogP) is -0.537. The van der Waals surface area contributed by atoms with Crippen molar-refractivity contribution in [2.75, 3.05) is 13.6 Å². The van der Waals surface area contributed by atoms with Gasteiger partial charge in [0.15, 0.2) is 11.7 Å². The number of rotatable bonds is 6. The highest BCUT2D eigenvalue weighted by molar-refractivity contribution is 5.85. The summed E-state index contributed by atoms with van der Waals surface area (Å²) in [5.41, 5.74) is 10.4. The first-order chi connectivity index (χ1) is 6.49. The van der Waals surface area contributed by atoms with Gasteiger partial charge < -0.3 is 16.8 Å². The maximum atomic E-state index is 11.6. The number of ketones is 1. The maximum absolute atomic E-state index is 11.6. The highest BCUT2D eigenvalue weighted by Gasteiger charge is 2.18. The van der Waals surface area contributed by atoms with Crippen molar-refractivity contribution in [3.8, 4) is 0 Å². The number of Topliss-reactive ketones (excluding diaryl/α,β-unsaturated/α-hetero) is 1. The quantitative estimate of drug-likeness (QED) is 0.396. The van der Waals surface area contributed by atoms with Gasteiger partial charge in [-0.1, -0.05) is 13.8 Å². The lowest BCUT2D eigenvalue weighted by atomic mass is 9.99. The Morgan fingerprint density at radius 3 is 2.36 bits per heavy atom. The first kappa shape index (κ1) is 12.9. The number of nitrogens with two attached hydrogens (primary N) is 2. The molecule has 14 heavy (non-hydrogen) atoms. The van der Waals surface area contributed by atoms with Crippen molar-refractivity contribution in [2.24, 2.45) is 22.4 Å². The third-order valence-corrected chi connectivity index (χ3v) is 1.97. The molecule has 0 aromatic carbocycles. The zero-order chi connectivity index (χ0) is 11.1. The Kier molecular flexibility index (Phi) is 5.87. The molecule has 0 spiro atoms. The van der Waals surface area contributed by atoms with Crippen molar-refractivity contribution >= 4 is 11.7 Å². The molecule has 0 fully saturated rings. The molecular formula is C9H20N4O. The van der Waals surface area contributed by atoms with Gasteiger partial charge in [0.05, 0.1) is 6.04 Å². The smallest absolute Gasteiger partial charge is 0.185 e. The highest BCUT2D eigenvalue weighted by Crippen LogP contribution is 2.03. The van der Waals surface area contributed by atoms with Gasteiger partial charge in [0, 0.05) is 12.5 Å². The second kappa shape index (κ2) is 6.37. The summed E-state index contributed by atoms with van der Waals surface area (Å²) in [4.78, 5) is 15.4. The van der Waals surface area contributed by atoms with E-state index in [1.807, 2.05) is 13.8 Å². The Morgan fingerprint density at radius 1 is 1.43 bits per heavy atom. The number of nitrogens with one attached hydrogen (secondary N) is 1. The number of carbonyl (C=O) groups is 1. The largest absolute Gasteiger partial charge is 0.370 e. The summed E-state index contributed by atoms with van der Waals surface area (Å²) in [6.07, 6.45) is 0.630. The van der Waals surface area contributed by atoms with Crippen LogP contribution in [0.25, 0.3) is 0 Å². The molecule has 1 atom stereocenters. The third-order valence-electron chi connectivity index (χ3n) is 1.97. The average molecular weight is 200 g/mol. The van der Waals surface area contributed by atoms with Gasteiger partial charge >= 0.3 is 0 Å². The summed E-state index contributed by atoms with van der Waals surface area (Å²) in [7, 11) is 1.76. The lowest BCUT2D eigenvalue weighted by molar-refractivity contribution is -0.123. The maximum Gasteiger partial charge on any atom is 0.185 e. The van der Waals surface area contributed by atoms with Crippen molar-refractivity contribution in [3.63, 3.8) is 0 Å². The van der Waals surface area contributed by atoms with E-state index in [0.717, 1.165) is 0 Å². The molecule has 0 saturated carbocycles. The molecule has 0 rings (SSSR count). The van der Waals surface area contributed by atoms with E-state index in [4.69, 9.17) is 11.5 Å². The van der Waals surface area contributed by atoms with Gasteiger partial charge in [0.1, 0.15) is 0 Å². The first-order valence-electron chi connectivity index (χ1n) is 4.75. The van der Waals surface area contributed by atoms with E-state index >= 15 is 0 Å². The van der Waals surface area contributed by atoms with Gasteiger partial charge in [-0.05, 0) is 13.5 Å². The topological polar surface area (TPSA) is 93.5 Å². The number of carbonyl (C=O) groups excluding carboxylic acids is 1. The average Bonchev–Trinajstić information content (AvgIpc) is 2.10. The minimum atomic E-state index is -0.155. The van der Waals surface area contributed by atoms with E-state index in [9.17, 15) is 4.79 Å². The van der Waals surface area contributed by atoms with Gasteiger partial charge in [-0.2, -0.15) is 0 Å². The van der Waals surface area contributed by atoms with Crippen LogP contribution < -0.4 is 16.8 Å². The van der Waals surface area contributed by atoms with E-state index in [1.165, 1.54) is 0 Å². The van der Waals surface area contributed by atoms with Crippen LogP contribution in [0.15, 0.2) is 4.99 Å². The van der Waals surface area contributed by atoms with Gasteiger partial charge in [-0.15, -0.1) is 0 Å². The number of likely N-dealkylation sites (N-methyl/N-ethyl adjacent to an activating group) is 1. The van der Waals surface area contributed by atoms with Gasteiger partial charge in [0.2, 0.25) is 0 Å². The fourth-order valence-electron chi connectivity index (χ4n) is 1.15. The van der Waals surface area contributed by atoms with Gasteiger partial charge in [-0.3, -0.25) is 9.79 Å². The molecule has 0 unspecified atom stereocenters. The summed E-state index contributed by atoms with van der Waals surface area (Å²) in [5, 5.41) is 2.96.